The normalized spacial score (nSPS) is 12.0. The van der Waals surface area contributed by atoms with Crippen LogP contribution in [0.2, 0.25) is 0 Å². The maximum Gasteiger partial charge on any atom is 0.0701 e. The summed E-state index contributed by atoms with van der Waals surface area (Å²) in [4.78, 5) is 0. The van der Waals surface area contributed by atoms with Crippen molar-refractivity contribution in [2.45, 2.75) is 40.0 Å². The molecule has 0 spiro atoms. The first-order valence-corrected chi connectivity index (χ1v) is 7.34. The average molecular weight is 276 g/mol. The molecule has 0 fully saturated rings. The number of rotatable bonds is 14. The van der Waals surface area contributed by atoms with Gasteiger partial charge in [0.25, 0.3) is 0 Å². The fraction of sp³-hybridized carbons (Fsp3) is 1.00. The molecule has 0 radical (unpaired) electrons. The van der Waals surface area contributed by atoms with Gasteiger partial charge in [0, 0.05) is 13.7 Å². The van der Waals surface area contributed by atoms with Crippen molar-refractivity contribution >= 4 is 0 Å². The molecule has 4 nitrogen and oxygen atoms in total. The van der Waals surface area contributed by atoms with Gasteiger partial charge in [-0.25, -0.2) is 0 Å². The first-order chi connectivity index (χ1) is 9.12. The predicted octanol–water partition coefficient (Wildman–Crippen LogP) is 2.90. The third-order valence-corrected chi connectivity index (χ3v) is 3.28. The molecule has 0 saturated heterocycles. The van der Waals surface area contributed by atoms with E-state index in [4.69, 9.17) is 18.9 Å². The van der Waals surface area contributed by atoms with E-state index in [-0.39, 0.29) is 0 Å². The lowest BCUT2D eigenvalue weighted by atomic mass is 9.85. The summed E-state index contributed by atoms with van der Waals surface area (Å²) in [6, 6.07) is 0. The van der Waals surface area contributed by atoms with E-state index in [9.17, 15) is 0 Å². The lowest BCUT2D eigenvalue weighted by molar-refractivity contribution is 0.00252. The van der Waals surface area contributed by atoms with Gasteiger partial charge in [-0.1, -0.05) is 27.2 Å². The second kappa shape index (κ2) is 12.9. The number of methoxy groups -OCH3 is 1. The standard InChI is InChI=1S/C15H32O4/c1-5-15(2,3)7-6-8-17-11-12-19-14-13-18-10-9-16-4/h5-14H2,1-4H3. The van der Waals surface area contributed by atoms with E-state index in [0.717, 1.165) is 13.0 Å². The van der Waals surface area contributed by atoms with Gasteiger partial charge in [-0.2, -0.15) is 0 Å². The third kappa shape index (κ3) is 14.1. The van der Waals surface area contributed by atoms with Crippen molar-refractivity contribution in [3.63, 3.8) is 0 Å². The molecule has 0 N–H and O–H groups in total. The largest absolute Gasteiger partial charge is 0.382 e. The zero-order valence-corrected chi connectivity index (χ0v) is 13.2. The van der Waals surface area contributed by atoms with Crippen LogP contribution in [0, 0.1) is 5.41 Å². The van der Waals surface area contributed by atoms with E-state index < -0.39 is 0 Å². The van der Waals surface area contributed by atoms with Crippen molar-refractivity contribution in [3.05, 3.63) is 0 Å². The van der Waals surface area contributed by atoms with Gasteiger partial charge < -0.3 is 18.9 Å². The molecular formula is C15H32O4. The summed E-state index contributed by atoms with van der Waals surface area (Å²) in [5.74, 6) is 0. The predicted molar refractivity (Wildman–Crippen MR) is 77.6 cm³/mol. The molecule has 19 heavy (non-hydrogen) atoms. The number of hydrogen-bond donors (Lipinski definition) is 0. The van der Waals surface area contributed by atoms with Gasteiger partial charge in [0.05, 0.1) is 39.6 Å². The van der Waals surface area contributed by atoms with Crippen LogP contribution in [0.5, 0.6) is 0 Å². The maximum absolute atomic E-state index is 5.53. The van der Waals surface area contributed by atoms with Gasteiger partial charge in [-0.3, -0.25) is 0 Å². The minimum atomic E-state index is 0.444. The van der Waals surface area contributed by atoms with E-state index >= 15 is 0 Å². The van der Waals surface area contributed by atoms with E-state index in [1.807, 2.05) is 0 Å². The fourth-order valence-corrected chi connectivity index (χ4v) is 1.51. The third-order valence-electron chi connectivity index (χ3n) is 3.28. The quantitative estimate of drug-likeness (QED) is 0.457. The summed E-state index contributed by atoms with van der Waals surface area (Å²) < 4.78 is 21.1. The van der Waals surface area contributed by atoms with E-state index in [0.29, 0.717) is 45.1 Å². The summed E-state index contributed by atoms with van der Waals surface area (Å²) >= 11 is 0. The van der Waals surface area contributed by atoms with Crippen LogP contribution in [0.15, 0.2) is 0 Å². The van der Waals surface area contributed by atoms with Crippen LogP contribution in [0.25, 0.3) is 0 Å². The van der Waals surface area contributed by atoms with Crippen LogP contribution in [0.3, 0.4) is 0 Å². The van der Waals surface area contributed by atoms with Gasteiger partial charge in [0.15, 0.2) is 0 Å². The Morgan fingerprint density at radius 1 is 0.737 bits per heavy atom. The topological polar surface area (TPSA) is 36.9 Å². The maximum atomic E-state index is 5.53. The van der Waals surface area contributed by atoms with Gasteiger partial charge in [-0.05, 0) is 18.3 Å². The van der Waals surface area contributed by atoms with Crippen LogP contribution < -0.4 is 0 Å². The molecule has 116 valence electrons. The Morgan fingerprint density at radius 3 is 1.68 bits per heavy atom. The highest BCUT2D eigenvalue weighted by Gasteiger charge is 2.13. The molecule has 0 aromatic carbocycles. The molecule has 0 aromatic rings. The van der Waals surface area contributed by atoms with Crippen LogP contribution in [-0.2, 0) is 18.9 Å². The number of ether oxygens (including phenoxy) is 4. The zero-order valence-electron chi connectivity index (χ0n) is 13.2. The lowest BCUT2D eigenvalue weighted by Gasteiger charge is -2.22. The van der Waals surface area contributed by atoms with Gasteiger partial charge >= 0.3 is 0 Å². The van der Waals surface area contributed by atoms with Crippen molar-refractivity contribution in [2.24, 2.45) is 5.41 Å². The minimum Gasteiger partial charge on any atom is -0.382 e. The molecule has 4 heteroatoms. The fourth-order valence-electron chi connectivity index (χ4n) is 1.51. The SMILES string of the molecule is CCC(C)(C)CCCOCCOCCOCCOC. The van der Waals surface area contributed by atoms with Crippen molar-refractivity contribution in [1.29, 1.82) is 0 Å². The highest BCUT2D eigenvalue weighted by atomic mass is 16.6. The van der Waals surface area contributed by atoms with Crippen LogP contribution in [-0.4, -0.2) is 53.4 Å². The molecule has 0 amide bonds. The van der Waals surface area contributed by atoms with E-state index in [2.05, 4.69) is 20.8 Å². The lowest BCUT2D eigenvalue weighted by Crippen LogP contribution is -2.13. The second-order valence-corrected chi connectivity index (χ2v) is 5.45. The summed E-state index contributed by atoms with van der Waals surface area (Å²) in [7, 11) is 1.67. The average Bonchev–Trinajstić information content (AvgIpc) is 2.40. The Bertz CT molecular complexity index is 183. The van der Waals surface area contributed by atoms with Crippen LogP contribution in [0.1, 0.15) is 40.0 Å². The van der Waals surface area contributed by atoms with Gasteiger partial charge in [0.1, 0.15) is 0 Å². The van der Waals surface area contributed by atoms with Gasteiger partial charge in [0.2, 0.25) is 0 Å². The van der Waals surface area contributed by atoms with E-state index in [1.54, 1.807) is 7.11 Å². The number of hydrogen-bond acceptors (Lipinski definition) is 4. The summed E-state index contributed by atoms with van der Waals surface area (Å²) in [6.45, 7) is 11.5. The summed E-state index contributed by atoms with van der Waals surface area (Å²) in [6.07, 6.45) is 3.57. The first kappa shape index (κ1) is 18.8. The highest BCUT2D eigenvalue weighted by molar-refractivity contribution is 4.65. The summed E-state index contributed by atoms with van der Waals surface area (Å²) in [5, 5.41) is 0. The summed E-state index contributed by atoms with van der Waals surface area (Å²) in [5.41, 5.74) is 0.444. The van der Waals surface area contributed by atoms with Crippen molar-refractivity contribution in [3.8, 4) is 0 Å². The Balaban J connectivity index is 3.07. The highest BCUT2D eigenvalue weighted by Crippen LogP contribution is 2.25. The van der Waals surface area contributed by atoms with Crippen LogP contribution >= 0.6 is 0 Å². The monoisotopic (exact) mass is 276 g/mol. The Labute approximate surface area is 118 Å². The Kier molecular flexibility index (Phi) is 12.7. The second-order valence-electron chi connectivity index (χ2n) is 5.45. The van der Waals surface area contributed by atoms with Gasteiger partial charge in [-0.15, -0.1) is 0 Å². The van der Waals surface area contributed by atoms with Crippen molar-refractivity contribution in [2.75, 3.05) is 53.4 Å². The van der Waals surface area contributed by atoms with Crippen LogP contribution in [0.4, 0.5) is 0 Å². The van der Waals surface area contributed by atoms with E-state index in [1.165, 1.54) is 12.8 Å². The molecule has 0 rings (SSSR count). The smallest absolute Gasteiger partial charge is 0.0701 e. The molecule has 0 aromatic heterocycles. The van der Waals surface area contributed by atoms with Crippen molar-refractivity contribution in [1.82, 2.24) is 0 Å². The molecule has 0 aliphatic rings. The molecule has 0 unspecified atom stereocenters. The molecule has 0 heterocycles. The Hall–Kier alpha value is -0.160. The molecule has 0 aliphatic carbocycles. The molecule has 0 saturated carbocycles. The molecular weight excluding hydrogens is 244 g/mol. The Morgan fingerprint density at radius 2 is 1.21 bits per heavy atom. The first-order valence-electron chi connectivity index (χ1n) is 7.34. The minimum absolute atomic E-state index is 0.444. The molecule has 0 bridgehead atoms. The zero-order chi connectivity index (χ0) is 14.4. The molecule has 0 aliphatic heterocycles. The van der Waals surface area contributed by atoms with Crippen molar-refractivity contribution < 1.29 is 18.9 Å². The molecule has 0 atom stereocenters.